The van der Waals surface area contributed by atoms with E-state index in [9.17, 15) is 18.0 Å². The van der Waals surface area contributed by atoms with E-state index >= 15 is 0 Å². The highest BCUT2D eigenvalue weighted by Gasteiger charge is 2.51. The Bertz CT molecular complexity index is 1230. The number of amidine groups is 1. The second-order valence-corrected chi connectivity index (χ2v) is 9.11. The average molecular weight is 512 g/mol. The molecule has 2 unspecified atom stereocenters. The predicted molar refractivity (Wildman–Crippen MR) is 122 cm³/mol. The number of amides is 2. The van der Waals surface area contributed by atoms with Gasteiger partial charge in [0.05, 0.1) is 6.04 Å². The van der Waals surface area contributed by atoms with Gasteiger partial charge in [-0.1, -0.05) is 5.16 Å². The number of carbonyl (C=O) groups is 2. The topological polar surface area (TPSA) is 223 Å². The Balaban J connectivity index is 1.61. The highest BCUT2D eigenvalue weighted by molar-refractivity contribution is 7.84. The molecule has 1 aromatic carbocycles. The van der Waals surface area contributed by atoms with Crippen molar-refractivity contribution in [2.24, 2.45) is 10.9 Å². The summed E-state index contributed by atoms with van der Waals surface area (Å²) < 4.78 is 37.3. The smallest absolute Gasteiger partial charge is 0.362 e. The molecule has 14 nitrogen and oxygen atoms in total. The second kappa shape index (κ2) is 10.0. The molecule has 1 aliphatic heterocycles. The quantitative estimate of drug-likeness (QED) is 0.0675. The minimum atomic E-state index is -4.73. The number of benzene rings is 1. The molecule has 34 heavy (non-hydrogen) atoms. The van der Waals surface area contributed by atoms with Crippen LogP contribution >= 0.6 is 11.3 Å². The maximum atomic E-state index is 12.7. The number of aromatic nitrogens is 1. The molecule has 2 atom stereocenters. The first-order valence-electron chi connectivity index (χ1n) is 9.59. The van der Waals surface area contributed by atoms with Gasteiger partial charge in [-0.2, -0.15) is 8.42 Å². The van der Waals surface area contributed by atoms with E-state index in [1.165, 1.54) is 12.3 Å². The van der Waals surface area contributed by atoms with Crippen LogP contribution in [0.25, 0.3) is 0 Å². The summed E-state index contributed by atoms with van der Waals surface area (Å²) in [5.74, 6) is -1.41. The van der Waals surface area contributed by atoms with E-state index in [0.29, 0.717) is 11.3 Å². The van der Waals surface area contributed by atoms with Crippen molar-refractivity contribution in [1.82, 2.24) is 14.6 Å². The fourth-order valence-corrected chi connectivity index (χ4v) is 4.38. The van der Waals surface area contributed by atoms with Gasteiger partial charge in [-0.25, -0.2) is 9.29 Å². The number of oxime groups is 1. The molecule has 182 valence electrons. The number of ether oxygens (including phenoxy) is 1. The number of hydrogen-bond acceptors (Lipinski definition) is 11. The van der Waals surface area contributed by atoms with Crippen LogP contribution in [-0.2, 0) is 24.7 Å². The molecule has 1 fully saturated rings. The van der Waals surface area contributed by atoms with Crippen molar-refractivity contribution >= 4 is 50.1 Å². The maximum absolute atomic E-state index is 12.7. The lowest BCUT2D eigenvalue weighted by atomic mass is 10.0. The fraction of sp³-hybridized carbons (Fsp3) is 0.278. The van der Waals surface area contributed by atoms with Crippen LogP contribution in [-0.4, -0.2) is 70.9 Å². The van der Waals surface area contributed by atoms with Crippen LogP contribution in [0, 0.1) is 5.41 Å². The van der Waals surface area contributed by atoms with Crippen molar-refractivity contribution in [2.45, 2.75) is 19.0 Å². The Morgan fingerprint density at radius 1 is 1.35 bits per heavy atom. The van der Waals surface area contributed by atoms with Gasteiger partial charge in [-0.3, -0.25) is 19.6 Å². The van der Waals surface area contributed by atoms with E-state index in [2.05, 4.69) is 15.5 Å². The third-order valence-electron chi connectivity index (χ3n) is 4.61. The molecule has 7 N–H and O–H groups in total. The Labute approximate surface area is 197 Å². The molecule has 0 aliphatic carbocycles. The van der Waals surface area contributed by atoms with Crippen molar-refractivity contribution in [1.29, 1.82) is 5.41 Å². The molecule has 1 aliphatic rings. The summed E-state index contributed by atoms with van der Waals surface area (Å²) in [5, 5.41) is 15.1. The highest BCUT2D eigenvalue weighted by Crippen LogP contribution is 2.23. The van der Waals surface area contributed by atoms with Crippen LogP contribution in [0.3, 0.4) is 0 Å². The lowest BCUT2D eigenvalue weighted by Gasteiger charge is -2.42. The summed E-state index contributed by atoms with van der Waals surface area (Å²) in [6.07, 6.45) is 0. The van der Waals surface area contributed by atoms with Gasteiger partial charge in [0, 0.05) is 10.9 Å². The number of anilines is 1. The van der Waals surface area contributed by atoms with Crippen molar-refractivity contribution in [3.8, 4) is 5.75 Å². The molecule has 0 bridgehead atoms. The van der Waals surface area contributed by atoms with Crippen molar-refractivity contribution in [2.75, 3.05) is 18.9 Å². The van der Waals surface area contributed by atoms with Crippen LogP contribution in [0.5, 0.6) is 5.75 Å². The Morgan fingerprint density at radius 2 is 2.03 bits per heavy atom. The number of rotatable bonds is 10. The zero-order valence-electron chi connectivity index (χ0n) is 17.7. The van der Waals surface area contributed by atoms with E-state index < -0.39 is 34.2 Å². The Hall–Kier alpha value is -3.76. The summed E-state index contributed by atoms with van der Waals surface area (Å²) in [4.78, 5) is 33.9. The lowest BCUT2D eigenvalue weighted by molar-refractivity contribution is -0.143. The van der Waals surface area contributed by atoms with Crippen molar-refractivity contribution < 1.29 is 32.1 Å². The van der Waals surface area contributed by atoms with Gasteiger partial charge in [0.25, 0.3) is 11.8 Å². The molecule has 2 aromatic rings. The summed E-state index contributed by atoms with van der Waals surface area (Å²) in [6, 6.07) is 4.30. The summed E-state index contributed by atoms with van der Waals surface area (Å²) in [6.45, 7) is 1.35. The number of carbonyl (C=O) groups excluding carboxylic acids is 2. The van der Waals surface area contributed by atoms with Crippen LogP contribution in [0.2, 0.25) is 0 Å². The molecule has 2 heterocycles. The number of nitrogen functional groups attached to an aromatic ring is 2. The van der Waals surface area contributed by atoms with Gasteiger partial charge in [0.2, 0.25) is 0 Å². The maximum Gasteiger partial charge on any atom is 0.362 e. The van der Waals surface area contributed by atoms with E-state index in [1.54, 1.807) is 24.3 Å². The van der Waals surface area contributed by atoms with Crippen LogP contribution < -0.4 is 21.5 Å². The third-order valence-corrected chi connectivity index (χ3v) is 6.30. The van der Waals surface area contributed by atoms with Gasteiger partial charge >= 0.3 is 10.3 Å². The molecule has 1 aromatic heterocycles. The van der Waals surface area contributed by atoms with Crippen molar-refractivity contribution in [3.05, 3.63) is 40.9 Å². The zero-order valence-corrected chi connectivity index (χ0v) is 19.3. The molecular formula is C18H21N7O7S2. The number of nitrogens with one attached hydrogen (secondary N) is 2. The van der Waals surface area contributed by atoms with Gasteiger partial charge in [-0.15, -0.1) is 11.3 Å². The first kappa shape index (κ1) is 24.9. The van der Waals surface area contributed by atoms with Gasteiger partial charge in [0.15, 0.2) is 17.5 Å². The molecular weight excluding hydrogens is 490 g/mol. The molecule has 0 saturated carbocycles. The fourth-order valence-electron chi connectivity index (χ4n) is 2.95. The first-order chi connectivity index (χ1) is 16.0. The zero-order chi connectivity index (χ0) is 25.0. The van der Waals surface area contributed by atoms with E-state index in [0.717, 1.165) is 11.3 Å². The number of nitrogens with two attached hydrogens (primary N) is 2. The van der Waals surface area contributed by atoms with Crippen LogP contribution in [0.4, 0.5) is 5.13 Å². The largest absolute Gasteiger partial charge is 0.490 e. The van der Waals surface area contributed by atoms with Crippen LogP contribution in [0.15, 0.2) is 34.8 Å². The molecule has 0 radical (unpaired) electrons. The normalized spacial score (nSPS) is 18.2. The number of hydrogen-bond donors (Lipinski definition) is 5. The van der Waals surface area contributed by atoms with E-state index in [-0.39, 0.29) is 39.9 Å². The third kappa shape index (κ3) is 5.59. The molecule has 0 spiro atoms. The number of β-lactam (4-membered cyclic amide) rings is 1. The summed E-state index contributed by atoms with van der Waals surface area (Å²) in [5.41, 5.74) is 11.4. The monoisotopic (exact) mass is 511 g/mol. The lowest BCUT2D eigenvalue weighted by Crippen LogP contribution is -2.71. The molecule has 2 amide bonds. The van der Waals surface area contributed by atoms with Crippen LogP contribution in [0.1, 0.15) is 18.2 Å². The summed E-state index contributed by atoms with van der Waals surface area (Å²) in [7, 11) is -4.73. The molecule has 3 rings (SSSR count). The SMILES string of the molecule is CC1C(NC(=O)C(=NOCCOc2ccc(C(=N)N)cc2)c2csc(N)n2)C(=O)N1S(=O)(=O)O. The van der Waals surface area contributed by atoms with E-state index in [1.807, 2.05) is 0 Å². The van der Waals surface area contributed by atoms with Gasteiger partial charge in [0.1, 0.15) is 29.9 Å². The van der Waals surface area contributed by atoms with Gasteiger partial charge < -0.3 is 26.4 Å². The molecule has 16 heteroatoms. The minimum Gasteiger partial charge on any atom is -0.490 e. The summed E-state index contributed by atoms with van der Waals surface area (Å²) >= 11 is 1.05. The Morgan fingerprint density at radius 3 is 2.56 bits per heavy atom. The predicted octanol–water partition coefficient (Wildman–Crippen LogP) is -0.673. The van der Waals surface area contributed by atoms with Crippen molar-refractivity contribution in [3.63, 3.8) is 0 Å². The Kier molecular flexibility index (Phi) is 7.33. The highest BCUT2D eigenvalue weighted by atomic mass is 32.2. The average Bonchev–Trinajstić information content (AvgIpc) is 3.19. The second-order valence-electron chi connectivity index (χ2n) is 6.93. The number of thiazole rings is 1. The molecule has 1 saturated heterocycles. The van der Waals surface area contributed by atoms with E-state index in [4.69, 9.17) is 31.0 Å². The van der Waals surface area contributed by atoms with Gasteiger partial charge in [-0.05, 0) is 31.2 Å². The minimum absolute atomic E-state index is 0.0554. The number of nitrogens with zero attached hydrogens (tertiary/aromatic N) is 3. The standard InChI is InChI=1S/C18H21N7O7S2/c1-9-13(17(27)25(9)34(28,29)30)23-16(26)14(12-8-33-18(21)22-12)24-32-7-6-31-11-4-2-10(3-5-11)15(19)20/h2-5,8-9,13H,6-7H2,1H3,(H3,19,20)(H2,21,22)(H,23,26)(H,28,29,30). The first-order valence-corrected chi connectivity index (χ1v) is 11.9.